The van der Waals surface area contributed by atoms with Gasteiger partial charge in [0, 0.05) is 23.3 Å². The maximum Gasteiger partial charge on any atom is 0.275 e. The fraction of sp³-hybridized carbons (Fsp3) is 0.333. The number of aryl methyl sites for hydroxylation is 1. The zero-order valence-corrected chi connectivity index (χ0v) is 16.2. The Labute approximate surface area is 163 Å². The predicted octanol–water partition coefficient (Wildman–Crippen LogP) is 3.58. The van der Waals surface area contributed by atoms with Gasteiger partial charge in [0.1, 0.15) is 5.82 Å². The number of imidazole rings is 1. The zero-order valence-electron chi connectivity index (χ0n) is 14.6. The van der Waals surface area contributed by atoms with E-state index in [0.717, 1.165) is 53.5 Å². The van der Waals surface area contributed by atoms with Crippen LogP contribution in [0, 0.1) is 0 Å². The number of anilines is 1. The summed E-state index contributed by atoms with van der Waals surface area (Å²) in [6.07, 6.45) is 2.75. The van der Waals surface area contributed by atoms with Gasteiger partial charge in [-0.05, 0) is 37.5 Å². The van der Waals surface area contributed by atoms with Crippen LogP contribution >= 0.6 is 22.9 Å². The van der Waals surface area contributed by atoms with Crippen molar-refractivity contribution in [1.82, 2.24) is 24.6 Å². The third-order valence-electron chi connectivity index (χ3n) is 4.93. The number of H-pyrrole nitrogens is 1. The van der Waals surface area contributed by atoms with Crippen molar-refractivity contribution in [3.05, 3.63) is 51.2 Å². The highest BCUT2D eigenvalue weighted by molar-refractivity contribution is 7.20. The molecule has 5 rings (SSSR count). The number of halogens is 1. The van der Waals surface area contributed by atoms with Crippen LogP contribution in [0.4, 0.5) is 5.13 Å². The average Bonchev–Trinajstić information content (AvgIpc) is 3.37. The highest BCUT2D eigenvalue weighted by atomic mass is 35.5. The van der Waals surface area contributed by atoms with Gasteiger partial charge in [-0.1, -0.05) is 29.9 Å². The Balaban J connectivity index is 1.56. The van der Waals surface area contributed by atoms with Crippen molar-refractivity contribution in [2.75, 3.05) is 11.4 Å². The number of nitrogens with zero attached hydrogens (tertiary/aromatic N) is 5. The van der Waals surface area contributed by atoms with Gasteiger partial charge in [0.15, 0.2) is 0 Å². The van der Waals surface area contributed by atoms with Crippen molar-refractivity contribution in [3.63, 3.8) is 0 Å². The Bertz CT molecular complexity index is 1210. The van der Waals surface area contributed by atoms with Crippen molar-refractivity contribution in [1.29, 1.82) is 0 Å². The van der Waals surface area contributed by atoms with Crippen LogP contribution < -0.4 is 10.5 Å². The molecule has 1 aliphatic rings. The third kappa shape index (κ3) is 2.80. The molecule has 1 aromatic carbocycles. The number of aromatic nitrogens is 5. The number of hydrogen-bond acceptors (Lipinski definition) is 6. The second-order valence-corrected chi connectivity index (χ2v) is 8.02. The second kappa shape index (κ2) is 6.31. The number of nitrogens with one attached hydrogen (secondary N) is 1. The average molecular weight is 401 g/mol. The molecular formula is C18H17ClN6OS. The molecule has 0 spiro atoms. The fourth-order valence-corrected chi connectivity index (χ4v) is 4.76. The van der Waals surface area contributed by atoms with Gasteiger partial charge in [-0.15, -0.1) is 5.10 Å². The lowest BCUT2D eigenvalue weighted by atomic mass is 10.2. The van der Waals surface area contributed by atoms with Crippen molar-refractivity contribution < 1.29 is 0 Å². The molecule has 1 N–H and O–H groups in total. The molecule has 7 nitrogen and oxygen atoms in total. The first-order valence-corrected chi connectivity index (χ1v) is 10.1. The first-order chi connectivity index (χ1) is 13.1. The minimum Gasteiger partial charge on any atom is -0.340 e. The Morgan fingerprint density at radius 3 is 3.07 bits per heavy atom. The van der Waals surface area contributed by atoms with Gasteiger partial charge in [0.2, 0.25) is 10.1 Å². The fourth-order valence-electron chi connectivity index (χ4n) is 3.58. The van der Waals surface area contributed by atoms with Gasteiger partial charge in [0.05, 0.1) is 17.1 Å². The van der Waals surface area contributed by atoms with E-state index in [1.165, 1.54) is 15.9 Å². The van der Waals surface area contributed by atoms with E-state index in [-0.39, 0.29) is 11.6 Å². The highest BCUT2D eigenvalue weighted by Gasteiger charge is 2.31. The second-order valence-electron chi connectivity index (χ2n) is 6.65. The van der Waals surface area contributed by atoms with Crippen LogP contribution in [0.15, 0.2) is 29.1 Å². The summed E-state index contributed by atoms with van der Waals surface area (Å²) >= 11 is 7.54. The molecular weight excluding hydrogens is 384 g/mol. The lowest BCUT2D eigenvalue weighted by molar-refractivity contribution is 0.671. The van der Waals surface area contributed by atoms with Crippen LogP contribution in [0.1, 0.15) is 37.3 Å². The molecule has 0 bridgehead atoms. The summed E-state index contributed by atoms with van der Waals surface area (Å²) in [6.45, 7) is 2.86. The van der Waals surface area contributed by atoms with E-state index < -0.39 is 0 Å². The Kier molecular flexibility index (Phi) is 3.91. The van der Waals surface area contributed by atoms with E-state index in [4.69, 9.17) is 16.6 Å². The predicted molar refractivity (Wildman–Crippen MR) is 107 cm³/mol. The van der Waals surface area contributed by atoms with E-state index in [2.05, 4.69) is 20.0 Å². The molecule has 138 valence electrons. The Morgan fingerprint density at radius 2 is 2.22 bits per heavy atom. The third-order valence-corrected chi connectivity index (χ3v) is 6.11. The lowest BCUT2D eigenvalue weighted by Gasteiger charge is -2.21. The zero-order chi connectivity index (χ0) is 18.5. The van der Waals surface area contributed by atoms with Crippen LogP contribution in [-0.4, -0.2) is 31.1 Å². The van der Waals surface area contributed by atoms with Crippen LogP contribution in [0.3, 0.4) is 0 Å². The van der Waals surface area contributed by atoms with E-state index >= 15 is 0 Å². The highest BCUT2D eigenvalue weighted by Crippen LogP contribution is 2.37. The molecule has 27 heavy (non-hydrogen) atoms. The quantitative estimate of drug-likeness (QED) is 0.568. The Morgan fingerprint density at radius 1 is 1.33 bits per heavy atom. The van der Waals surface area contributed by atoms with Gasteiger partial charge in [-0.3, -0.25) is 4.79 Å². The summed E-state index contributed by atoms with van der Waals surface area (Å²) < 4.78 is 1.40. The molecule has 1 saturated heterocycles. The van der Waals surface area contributed by atoms with Gasteiger partial charge in [-0.2, -0.15) is 4.52 Å². The number of fused-ring (bicyclic) bond motifs is 2. The number of rotatable bonds is 3. The molecule has 9 heteroatoms. The summed E-state index contributed by atoms with van der Waals surface area (Å²) in [6, 6.07) is 7.31. The topological polar surface area (TPSA) is 79.2 Å². The molecule has 1 aliphatic heterocycles. The van der Waals surface area contributed by atoms with E-state index in [1.54, 1.807) is 6.07 Å². The van der Waals surface area contributed by atoms with Crippen LogP contribution in [-0.2, 0) is 6.42 Å². The normalized spacial score (nSPS) is 17.4. The van der Waals surface area contributed by atoms with Crippen molar-refractivity contribution >= 4 is 44.1 Å². The molecule has 3 aromatic heterocycles. The van der Waals surface area contributed by atoms with Gasteiger partial charge in [-0.25, -0.2) is 9.97 Å². The summed E-state index contributed by atoms with van der Waals surface area (Å²) in [4.78, 5) is 27.8. The molecule has 4 heterocycles. The SMILES string of the molecule is CCc1cc(=O)n2nc(N3CCC[C@@H]3c3nc4ccc(Cl)cc4[nH]3)sc2n1. The molecule has 1 fully saturated rings. The van der Waals surface area contributed by atoms with Crippen molar-refractivity contribution in [3.8, 4) is 0 Å². The van der Waals surface area contributed by atoms with Crippen LogP contribution in [0.2, 0.25) is 5.02 Å². The van der Waals surface area contributed by atoms with Gasteiger partial charge < -0.3 is 9.88 Å². The van der Waals surface area contributed by atoms with Gasteiger partial charge in [0.25, 0.3) is 5.56 Å². The number of benzene rings is 1. The smallest absolute Gasteiger partial charge is 0.275 e. The molecule has 0 aliphatic carbocycles. The summed E-state index contributed by atoms with van der Waals surface area (Å²) in [5, 5.41) is 6.02. The minimum absolute atomic E-state index is 0.0954. The molecule has 0 unspecified atom stereocenters. The maximum absolute atomic E-state index is 12.3. The standard InChI is InChI=1S/C18H17ClN6OS/c1-2-11-9-15(26)25-17(20-11)27-18(23-25)24-7-3-4-14(24)16-21-12-6-5-10(19)8-13(12)22-16/h5-6,8-9,14H,2-4,7H2,1H3,(H,21,22)/t14-/m1/s1. The van der Waals surface area contributed by atoms with E-state index in [0.29, 0.717) is 9.98 Å². The van der Waals surface area contributed by atoms with Crippen molar-refractivity contribution in [2.24, 2.45) is 0 Å². The molecule has 0 radical (unpaired) electrons. The molecule has 1 atom stereocenters. The summed E-state index contributed by atoms with van der Waals surface area (Å²) in [5.74, 6) is 0.901. The van der Waals surface area contributed by atoms with Crippen molar-refractivity contribution in [2.45, 2.75) is 32.2 Å². The van der Waals surface area contributed by atoms with E-state index in [1.807, 2.05) is 25.1 Å². The summed E-state index contributed by atoms with van der Waals surface area (Å²) in [7, 11) is 0. The summed E-state index contributed by atoms with van der Waals surface area (Å²) in [5.41, 5.74) is 2.49. The van der Waals surface area contributed by atoms with Crippen LogP contribution in [0.25, 0.3) is 16.0 Å². The number of hydrogen-bond donors (Lipinski definition) is 1. The lowest BCUT2D eigenvalue weighted by Crippen LogP contribution is -2.24. The first-order valence-electron chi connectivity index (χ1n) is 8.94. The maximum atomic E-state index is 12.3. The minimum atomic E-state index is -0.131. The van der Waals surface area contributed by atoms with Crippen LogP contribution in [0.5, 0.6) is 0 Å². The monoisotopic (exact) mass is 400 g/mol. The van der Waals surface area contributed by atoms with Gasteiger partial charge >= 0.3 is 0 Å². The molecule has 0 saturated carbocycles. The van der Waals surface area contributed by atoms with E-state index in [9.17, 15) is 4.79 Å². The molecule has 0 amide bonds. The first kappa shape index (κ1) is 16.7. The largest absolute Gasteiger partial charge is 0.340 e. The molecule has 4 aromatic rings. The Hall–Kier alpha value is -2.45. The number of aromatic amines is 1.